The zero-order chi connectivity index (χ0) is 12.8. The molecule has 2 atom stereocenters. The molecule has 1 fully saturated rings. The second-order valence-corrected chi connectivity index (χ2v) is 5.15. The highest BCUT2D eigenvalue weighted by molar-refractivity contribution is 5.17. The maximum absolute atomic E-state index is 10.3. The van der Waals surface area contributed by atoms with Crippen LogP contribution in [0.1, 0.15) is 37.4 Å². The van der Waals surface area contributed by atoms with E-state index in [0.717, 1.165) is 31.6 Å². The average molecular weight is 248 g/mol. The van der Waals surface area contributed by atoms with E-state index in [4.69, 9.17) is 5.73 Å². The van der Waals surface area contributed by atoms with E-state index in [1.54, 1.807) is 0 Å². The topological polar surface area (TPSA) is 49.5 Å². The summed E-state index contributed by atoms with van der Waals surface area (Å²) >= 11 is 0. The first-order chi connectivity index (χ1) is 8.81. The summed E-state index contributed by atoms with van der Waals surface area (Å²) in [4.78, 5) is 2.41. The molecule has 0 saturated carbocycles. The average Bonchev–Trinajstić information content (AvgIpc) is 2.42. The van der Waals surface area contributed by atoms with Gasteiger partial charge in [-0.3, -0.25) is 4.90 Å². The van der Waals surface area contributed by atoms with E-state index in [0.29, 0.717) is 6.04 Å². The first-order valence-electron chi connectivity index (χ1n) is 6.98. The third-order valence-electron chi connectivity index (χ3n) is 3.84. The van der Waals surface area contributed by atoms with Crippen LogP contribution >= 0.6 is 0 Å². The fraction of sp³-hybridized carbons (Fsp3) is 0.600. The Balaban J connectivity index is 1.94. The van der Waals surface area contributed by atoms with Gasteiger partial charge in [-0.15, -0.1) is 0 Å². The van der Waals surface area contributed by atoms with Crippen LogP contribution in [0.25, 0.3) is 0 Å². The normalized spacial score (nSPS) is 22.9. The van der Waals surface area contributed by atoms with Crippen LogP contribution in [-0.4, -0.2) is 35.7 Å². The molecular formula is C15H24N2O. The standard InChI is InChI=1S/C15H24N2O/c16-10-9-14-8-4-5-11-17(14)12-15(18)13-6-2-1-3-7-13/h1-3,6-7,14-15,18H,4-5,8-12,16H2. The number of hydrogen-bond donors (Lipinski definition) is 2. The molecule has 0 radical (unpaired) electrons. The van der Waals surface area contributed by atoms with Crippen LogP contribution in [0.3, 0.4) is 0 Å². The predicted octanol–water partition coefficient (Wildman–Crippen LogP) is 1.92. The van der Waals surface area contributed by atoms with Gasteiger partial charge in [0, 0.05) is 12.6 Å². The summed E-state index contributed by atoms with van der Waals surface area (Å²) in [5.41, 5.74) is 6.68. The Morgan fingerprint density at radius 2 is 2.06 bits per heavy atom. The van der Waals surface area contributed by atoms with Crippen molar-refractivity contribution in [2.24, 2.45) is 5.73 Å². The fourth-order valence-corrected chi connectivity index (χ4v) is 2.82. The molecule has 0 amide bonds. The number of rotatable bonds is 5. The maximum atomic E-state index is 10.3. The molecule has 1 aliphatic heterocycles. The summed E-state index contributed by atoms with van der Waals surface area (Å²) < 4.78 is 0. The molecule has 0 aliphatic carbocycles. The van der Waals surface area contributed by atoms with Crippen molar-refractivity contribution in [3.63, 3.8) is 0 Å². The highest BCUT2D eigenvalue weighted by Crippen LogP contribution is 2.22. The molecular weight excluding hydrogens is 224 g/mol. The molecule has 1 saturated heterocycles. The molecule has 3 nitrogen and oxygen atoms in total. The molecule has 2 rings (SSSR count). The first kappa shape index (κ1) is 13.5. The number of likely N-dealkylation sites (tertiary alicyclic amines) is 1. The van der Waals surface area contributed by atoms with Crippen LogP contribution in [0.15, 0.2) is 30.3 Å². The summed E-state index contributed by atoms with van der Waals surface area (Å²) in [7, 11) is 0. The van der Waals surface area contributed by atoms with Crippen LogP contribution in [-0.2, 0) is 0 Å². The molecule has 0 spiro atoms. The number of benzene rings is 1. The molecule has 2 unspecified atom stereocenters. The van der Waals surface area contributed by atoms with Gasteiger partial charge in [-0.25, -0.2) is 0 Å². The lowest BCUT2D eigenvalue weighted by molar-refractivity contribution is 0.0647. The molecule has 18 heavy (non-hydrogen) atoms. The monoisotopic (exact) mass is 248 g/mol. The summed E-state index contributed by atoms with van der Waals surface area (Å²) in [6, 6.07) is 10.5. The van der Waals surface area contributed by atoms with Gasteiger partial charge in [0.05, 0.1) is 6.10 Å². The van der Waals surface area contributed by atoms with Crippen LogP contribution in [0, 0.1) is 0 Å². The Kier molecular flexibility index (Phi) is 5.17. The van der Waals surface area contributed by atoms with Gasteiger partial charge in [-0.1, -0.05) is 36.8 Å². The third kappa shape index (κ3) is 3.55. The third-order valence-corrected chi connectivity index (χ3v) is 3.84. The van der Waals surface area contributed by atoms with Crippen molar-refractivity contribution in [2.75, 3.05) is 19.6 Å². The summed E-state index contributed by atoms with van der Waals surface area (Å²) in [6.45, 7) is 2.56. The Hall–Kier alpha value is -0.900. The fourth-order valence-electron chi connectivity index (χ4n) is 2.82. The van der Waals surface area contributed by atoms with Gasteiger partial charge in [-0.2, -0.15) is 0 Å². The Bertz CT molecular complexity index is 340. The number of nitrogens with zero attached hydrogens (tertiary/aromatic N) is 1. The van der Waals surface area contributed by atoms with Crippen molar-refractivity contribution in [1.29, 1.82) is 0 Å². The molecule has 1 aromatic rings. The number of β-amino-alcohol motifs (C(OH)–C–C–N with tert-alkyl or cyclic N) is 1. The van der Waals surface area contributed by atoms with Gasteiger partial charge in [0.1, 0.15) is 0 Å². The van der Waals surface area contributed by atoms with Gasteiger partial charge in [0.15, 0.2) is 0 Å². The quantitative estimate of drug-likeness (QED) is 0.837. The van der Waals surface area contributed by atoms with E-state index in [1.165, 1.54) is 19.3 Å². The summed E-state index contributed by atoms with van der Waals surface area (Å²) in [5.74, 6) is 0. The molecule has 0 aromatic heterocycles. The number of hydrogen-bond acceptors (Lipinski definition) is 3. The van der Waals surface area contributed by atoms with Crippen molar-refractivity contribution in [3.8, 4) is 0 Å². The van der Waals surface area contributed by atoms with Crippen molar-refractivity contribution >= 4 is 0 Å². The predicted molar refractivity (Wildman–Crippen MR) is 74.3 cm³/mol. The smallest absolute Gasteiger partial charge is 0.0917 e. The van der Waals surface area contributed by atoms with Crippen LogP contribution in [0.4, 0.5) is 0 Å². The van der Waals surface area contributed by atoms with Crippen LogP contribution in [0.5, 0.6) is 0 Å². The first-order valence-corrected chi connectivity index (χ1v) is 6.98. The lowest BCUT2D eigenvalue weighted by Crippen LogP contribution is -2.42. The van der Waals surface area contributed by atoms with E-state index in [9.17, 15) is 5.11 Å². The van der Waals surface area contributed by atoms with Crippen molar-refractivity contribution in [2.45, 2.75) is 37.8 Å². The molecule has 1 aromatic carbocycles. The van der Waals surface area contributed by atoms with Crippen LogP contribution < -0.4 is 5.73 Å². The van der Waals surface area contributed by atoms with Gasteiger partial charge < -0.3 is 10.8 Å². The highest BCUT2D eigenvalue weighted by Gasteiger charge is 2.23. The van der Waals surface area contributed by atoms with E-state index in [2.05, 4.69) is 4.90 Å². The minimum Gasteiger partial charge on any atom is -0.387 e. The minimum absolute atomic E-state index is 0.385. The molecule has 1 aliphatic rings. The number of aliphatic hydroxyl groups is 1. The maximum Gasteiger partial charge on any atom is 0.0917 e. The molecule has 3 N–H and O–H groups in total. The largest absolute Gasteiger partial charge is 0.387 e. The van der Waals surface area contributed by atoms with E-state index in [1.807, 2.05) is 30.3 Å². The number of nitrogens with two attached hydrogens (primary N) is 1. The Morgan fingerprint density at radius 1 is 1.28 bits per heavy atom. The summed E-state index contributed by atoms with van der Waals surface area (Å²) in [6.07, 6.45) is 4.41. The van der Waals surface area contributed by atoms with Crippen LogP contribution in [0.2, 0.25) is 0 Å². The second-order valence-electron chi connectivity index (χ2n) is 5.15. The molecule has 100 valence electrons. The Morgan fingerprint density at radius 3 is 2.78 bits per heavy atom. The van der Waals surface area contributed by atoms with Crippen molar-refractivity contribution < 1.29 is 5.11 Å². The SMILES string of the molecule is NCCC1CCCCN1CC(O)c1ccccc1. The Labute approximate surface area is 110 Å². The zero-order valence-electron chi connectivity index (χ0n) is 11.0. The number of piperidine rings is 1. The highest BCUT2D eigenvalue weighted by atomic mass is 16.3. The van der Waals surface area contributed by atoms with Gasteiger partial charge in [-0.05, 0) is 37.9 Å². The molecule has 3 heteroatoms. The van der Waals surface area contributed by atoms with E-state index in [-0.39, 0.29) is 6.10 Å². The zero-order valence-corrected chi connectivity index (χ0v) is 11.0. The molecule has 1 heterocycles. The van der Waals surface area contributed by atoms with Gasteiger partial charge >= 0.3 is 0 Å². The van der Waals surface area contributed by atoms with Crippen molar-refractivity contribution in [1.82, 2.24) is 4.90 Å². The van der Waals surface area contributed by atoms with E-state index >= 15 is 0 Å². The van der Waals surface area contributed by atoms with Crippen molar-refractivity contribution in [3.05, 3.63) is 35.9 Å². The molecule has 0 bridgehead atoms. The second kappa shape index (κ2) is 6.88. The lowest BCUT2D eigenvalue weighted by Gasteiger charge is -2.36. The summed E-state index contributed by atoms with van der Waals surface area (Å²) in [5, 5.41) is 10.3. The lowest BCUT2D eigenvalue weighted by atomic mass is 9.98. The van der Waals surface area contributed by atoms with Gasteiger partial charge in [0.2, 0.25) is 0 Å². The number of aliphatic hydroxyl groups excluding tert-OH is 1. The minimum atomic E-state index is -0.385. The van der Waals surface area contributed by atoms with Gasteiger partial charge in [0.25, 0.3) is 0 Å². The van der Waals surface area contributed by atoms with E-state index < -0.39 is 0 Å².